The number of rotatable bonds is 5. The normalized spacial score (nSPS) is 10.4. The van der Waals surface area contributed by atoms with Crippen molar-refractivity contribution in [1.82, 2.24) is 14.8 Å². The largest absolute Gasteiger partial charge is 0.326 e. The van der Waals surface area contributed by atoms with Crippen LogP contribution in [-0.4, -0.2) is 20.7 Å². The summed E-state index contributed by atoms with van der Waals surface area (Å²) < 4.78 is 2.89. The summed E-state index contributed by atoms with van der Waals surface area (Å²) >= 11 is 2.26. The van der Waals surface area contributed by atoms with Crippen molar-refractivity contribution in [2.24, 2.45) is 0 Å². The lowest BCUT2D eigenvalue weighted by molar-refractivity contribution is -0.116. The van der Waals surface area contributed by atoms with Gasteiger partial charge in [0.2, 0.25) is 5.91 Å². The van der Waals surface area contributed by atoms with Gasteiger partial charge in [0.15, 0.2) is 0 Å². The van der Waals surface area contributed by atoms with E-state index in [0.29, 0.717) is 13.0 Å². The Labute approximate surface area is 125 Å². The number of amides is 1. The zero-order valence-corrected chi connectivity index (χ0v) is 12.8. The molecule has 0 unspecified atom stereocenters. The van der Waals surface area contributed by atoms with Crippen LogP contribution in [0, 0.1) is 10.5 Å². The fraction of sp³-hybridized carbons (Fsp3) is 0.308. The van der Waals surface area contributed by atoms with Gasteiger partial charge in [0.05, 0.1) is 0 Å². The van der Waals surface area contributed by atoms with Crippen LogP contribution in [0.3, 0.4) is 0 Å². The lowest BCUT2D eigenvalue weighted by Gasteiger charge is -2.08. The van der Waals surface area contributed by atoms with Gasteiger partial charge in [-0.15, -0.1) is 0 Å². The molecule has 1 N–H and O–H groups in total. The van der Waals surface area contributed by atoms with Crippen LogP contribution in [0.5, 0.6) is 0 Å². The minimum atomic E-state index is 0.0319. The van der Waals surface area contributed by atoms with Crippen molar-refractivity contribution in [3.63, 3.8) is 0 Å². The van der Waals surface area contributed by atoms with Crippen LogP contribution >= 0.6 is 22.6 Å². The van der Waals surface area contributed by atoms with Crippen LogP contribution in [0.4, 0.5) is 5.69 Å². The topological polar surface area (TPSA) is 59.8 Å². The van der Waals surface area contributed by atoms with Crippen LogP contribution in [0.2, 0.25) is 0 Å². The molecule has 19 heavy (non-hydrogen) atoms. The average molecular weight is 370 g/mol. The molecule has 0 fully saturated rings. The summed E-state index contributed by atoms with van der Waals surface area (Å²) in [6, 6.07) is 5.97. The Bertz CT molecular complexity index is 554. The standard InChI is InChI=1S/C13H15IN4O/c1-10-7-11(14)4-5-12(10)17-13(19)3-2-6-18-9-15-8-16-18/h4-5,7-9H,2-3,6H2,1H3,(H,17,19). The quantitative estimate of drug-likeness (QED) is 0.824. The van der Waals surface area contributed by atoms with E-state index < -0.39 is 0 Å². The molecule has 0 aliphatic rings. The van der Waals surface area contributed by atoms with E-state index in [4.69, 9.17) is 0 Å². The van der Waals surface area contributed by atoms with Crippen molar-refractivity contribution in [1.29, 1.82) is 0 Å². The highest BCUT2D eigenvalue weighted by Crippen LogP contribution is 2.17. The van der Waals surface area contributed by atoms with Gasteiger partial charge >= 0.3 is 0 Å². The summed E-state index contributed by atoms with van der Waals surface area (Å²) in [5.41, 5.74) is 1.96. The Hall–Kier alpha value is -1.44. The van der Waals surface area contributed by atoms with Crippen molar-refractivity contribution in [3.05, 3.63) is 40.0 Å². The average Bonchev–Trinajstić information content (AvgIpc) is 2.86. The predicted molar refractivity (Wildman–Crippen MR) is 81.8 cm³/mol. The summed E-state index contributed by atoms with van der Waals surface area (Å²) in [6.45, 7) is 2.70. The molecule has 1 heterocycles. The van der Waals surface area contributed by atoms with Gasteiger partial charge in [-0.3, -0.25) is 9.48 Å². The van der Waals surface area contributed by atoms with Crippen LogP contribution < -0.4 is 5.32 Å². The number of hydrogen-bond donors (Lipinski definition) is 1. The molecule has 2 rings (SSSR count). The minimum absolute atomic E-state index is 0.0319. The highest BCUT2D eigenvalue weighted by molar-refractivity contribution is 14.1. The first-order valence-corrected chi connectivity index (χ1v) is 7.11. The monoisotopic (exact) mass is 370 g/mol. The second kappa shape index (κ2) is 6.65. The number of anilines is 1. The highest BCUT2D eigenvalue weighted by atomic mass is 127. The number of benzene rings is 1. The van der Waals surface area contributed by atoms with Crippen molar-refractivity contribution in [2.75, 3.05) is 5.32 Å². The Morgan fingerprint density at radius 3 is 3.00 bits per heavy atom. The van der Waals surface area contributed by atoms with Gasteiger partial charge in [-0.1, -0.05) is 0 Å². The summed E-state index contributed by atoms with van der Waals surface area (Å²) in [6.07, 6.45) is 4.38. The molecule has 2 aromatic rings. The maximum Gasteiger partial charge on any atom is 0.224 e. The molecule has 0 bridgehead atoms. The molecule has 5 nitrogen and oxygen atoms in total. The number of nitrogens with one attached hydrogen (secondary N) is 1. The number of halogens is 1. The smallest absolute Gasteiger partial charge is 0.224 e. The van der Waals surface area contributed by atoms with E-state index in [1.54, 1.807) is 11.0 Å². The lowest BCUT2D eigenvalue weighted by atomic mass is 10.2. The first kappa shape index (κ1) is 14.0. The van der Waals surface area contributed by atoms with E-state index in [-0.39, 0.29) is 5.91 Å². The lowest BCUT2D eigenvalue weighted by Crippen LogP contribution is -2.13. The summed E-state index contributed by atoms with van der Waals surface area (Å²) in [5.74, 6) is 0.0319. The van der Waals surface area contributed by atoms with Gasteiger partial charge in [-0.2, -0.15) is 5.10 Å². The van der Waals surface area contributed by atoms with E-state index in [0.717, 1.165) is 17.7 Å². The molecule has 0 saturated carbocycles. The van der Waals surface area contributed by atoms with Gasteiger partial charge in [0.1, 0.15) is 12.7 Å². The van der Waals surface area contributed by atoms with Crippen molar-refractivity contribution in [3.8, 4) is 0 Å². The third-order valence-electron chi connectivity index (χ3n) is 2.72. The molecule has 0 spiro atoms. The third-order valence-corrected chi connectivity index (χ3v) is 3.39. The highest BCUT2D eigenvalue weighted by Gasteiger charge is 2.05. The molecule has 6 heteroatoms. The molecular formula is C13H15IN4O. The molecule has 0 atom stereocenters. The van der Waals surface area contributed by atoms with Crippen LogP contribution in [0.1, 0.15) is 18.4 Å². The Balaban J connectivity index is 1.80. The SMILES string of the molecule is Cc1cc(I)ccc1NC(=O)CCCn1cncn1. The summed E-state index contributed by atoms with van der Waals surface area (Å²) in [7, 11) is 0. The molecule has 0 aliphatic carbocycles. The zero-order chi connectivity index (χ0) is 13.7. The number of carbonyl (C=O) groups is 1. The van der Waals surface area contributed by atoms with E-state index in [2.05, 4.69) is 38.0 Å². The van der Waals surface area contributed by atoms with Gasteiger partial charge in [-0.25, -0.2) is 4.98 Å². The van der Waals surface area contributed by atoms with E-state index in [1.165, 1.54) is 9.90 Å². The van der Waals surface area contributed by atoms with Crippen LogP contribution in [0.25, 0.3) is 0 Å². The van der Waals surface area contributed by atoms with Gasteiger partial charge in [0.25, 0.3) is 0 Å². The summed E-state index contributed by atoms with van der Waals surface area (Å²) in [5, 5.41) is 6.92. The maximum absolute atomic E-state index is 11.8. The molecule has 0 saturated heterocycles. The number of nitrogens with zero attached hydrogens (tertiary/aromatic N) is 3. The fourth-order valence-electron chi connectivity index (χ4n) is 1.73. The third kappa shape index (κ3) is 4.30. The predicted octanol–water partition coefficient (Wildman–Crippen LogP) is 2.61. The first-order chi connectivity index (χ1) is 9.15. The Kier molecular flexibility index (Phi) is 4.89. The van der Waals surface area contributed by atoms with Gasteiger partial charge < -0.3 is 5.32 Å². The number of aryl methyl sites for hydroxylation is 2. The van der Waals surface area contributed by atoms with Crippen molar-refractivity contribution >= 4 is 34.2 Å². The molecule has 1 amide bonds. The fourth-order valence-corrected chi connectivity index (χ4v) is 2.38. The number of hydrogen-bond acceptors (Lipinski definition) is 3. The molecule has 0 aliphatic heterocycles. The van der Waals surface area contributed by atoms with E-state index in [9.17, 15) is 4.79 Å². The zero-order valence-electron chi connectivity index (χ0n) is 10.6. The molecular weight excluding hydrogens is 355 g/mol. The first-order valence-electron chi connectivity index (χ1n) is 6.03. The molecule has 1 aromatic carbocycles. The molecule has 0 radical (unpaired) electrons. The van der Waals surface area contributed by atoms with Crippen molar-refractivity contribution < 1.29 is 4.79 Å². The van der Waals surface area contributed by atoms with E-state index >= 15 is 0 Å². The van der Waals surface area contributed by atoms with Gasteiger partial charge in [0, 0.05) is 22.2 Å². The second-order valence-electron chi connectivity index (χ2n) is 4.27. The van der Waals surface area contributed by atoms with Crippen LogP contribution in [-0.2, 0) is 11.3 Å². The minimum Gasteiger partial charge on any atom is -0.326 e. The molecule has 1 aromatic heterocycles. The van der Waals surface area contributed by atoms with Crippen molar-refractivity contribution in [2.45, 2.75) is 26.3 Å². The summed E-state index contributed by atoms with van der Waals surface area (Å²) in [4.78, 5) is 15.7. The van der Waals surface area contributed by atoms with E-state index in [1.807, 2.05) is 25.1 Å². The number of aromatic nitrogens is 3. The Morgan fingerprint density at radius 2 is 2.32 bits per heavy atom. The van der Waals surface area contributed by atoms with Crippen LogP contribution in [0.15, 0.2) is 30.9 Å². The Morgan fingerprint density at radius 1 is 1.47 bits per heavy atom. The maximum atomic E-state index is 11.8. The number of carbonyl (C=O) groups excluding carboxylic acids is 1. The molecule has 100 valence electrons. The van der Waals surface area contributed by atoms with Gasteiger partial charge in [-0.05, 0) is 59.7 Å². The second-order valence-corrected chi connectivity index (χ2v) is 5.52.